The number of nitrogens with two attached hydrogens (primary N) is 1. The van der Waals surface area contributed by atoms with Crippen LogP contribution in [0.25, 0.3) is 0 Å². The van der Waals surface area contributed by atoms with Crippen LogP contribution in [0.15, 0.2) is 12.4 Å². The molecule has 0 radical (unpaired) electrons. The number of hydrogen-bond donors (Lipinski definition) is 2. The molecule has 2 rings (SSSR count). The third-order valence-electron chi connectivity index (χ3n) is 3.83. The molecule has 1 aliphatic carbocycles. The highest BCUT2D eigenvalue weighted by atomic mass is 16.3. The largest absolute Gasteiger partial charge is 0.392 e. The first-order valence-electron chi connectivity index (χ1n) is 6.02. The van der Waals surface area contributed by atoms with Crippen LogP contribution in [0.5, 0.6) is 0 Å². The molecule has 90 valence electrons. The van der Waals surface area contributed by atoms with E-state index in [1.807, 2.05) is 19.4 Å². The van der Waals surface area contributed by atoms with Crippen molar-refractivity contribution in [1.29, 1.82) is 0 Å². The number of rotatable bonds is 3. The second-order valence-corrected chi connectivity index (χ2v) is 5.03. The Hall–Kier alpha value is -0.870. The molecular formula is C12H21N3O. The van der Waals surface area contributed by atoms with Gasteiger partial charge in [0.15, 0.2) is 0 Å². The van der Waals surface area contributed by atoms with Crippen molar-refractivity contribution in [2.75, 3.05) is 6.54 Å². The summed E-state index contributed by atoms with van der Waals surface area (Å²) in [5.74, 6) is 0. The Kier molecular flexibility index (Phi) is 3.30. The second-order valence-electron chi connectivity index (χ2n) is 5.03. The Morgan fingerprint density at radius 2 is 2.44 bits per heavy atom. The summed E-state index contributed by atoms with van der Waals surface area (Å²) in [4.78, 5) is 0. The molecule has 2 unspecified atom stereocenters. The van der Waals surface area contributed by atoms with Crippen LogP contribution in [-0.4, -0.2) is 27.5 Å². The van der Waals surface area contributed by atoms with Gasteiger partial charge in [0.1, 0.15) is 0 Å². The predicted octanol–water partition coefficient (Wildman–Crippen LogP) is 0.843. The topological polar surface area (TPSA) is 64.1 Å². The van der Waals surface area contributed by atoms with E-state index in [0.29, 0.717) is 6.54 Å². The number of nitrogens with zero attached hydrogens (tertiary/aromatic N) is 2. The average Bonchev–Trinajstić information content (AvgIpc) is 2.67. The maximum Gasteiger partial charge on any atom is 0.0611 e. The minimum atomic E-state index is -0.258. The standard InChI is InChI=1S/C12H21N3O/c1-15-8-10(7-14-15)6-12(9-13)5-3-2-4-11(12)16/h7-8,11,16H,2-6,9,13H2,1H3. The third kappa shape index (κ3) is 2.13. The molecule has 0 amide bonds. The van der Waals surface area contributed by atoms with Crippen LogP contribution >= 0.6 is 0 Å². The van der Waals surface area contributed by atoms with E-state index in [1.54, 1.807) is 4.68 Å². The minimum absolute atomic E-state index is 0.124. The Balaban J connectivity index is 2.14. The van der Waals surface area contributed by atoms with E-state index in [2.05, 4.69) is 5.10 Å². The number of aliphatic hydroxyl groups excluding tert-OH is 1. The highest BCUT2D eigenvalue weighted by molar-refractivity contribution is 5.10. The molecule has 0 bridgehead atoms. The molecule has 0 saturated heterocycles. The van der Waals surface area contributed by atoms with Crippen molar-refractivity contribution in [3.05, 3.63) is 18.0 Å². The zero-order chi connectivity index (χ0) is 11.6. The molecule has 0 aromatic carbocycles. The highest BCUT2D eigenvalue weighted by Crippen LogP contribution is 2.38. The Morgan fingerprint density at radius 3 is 3.00 bits per heavy atom. The predicted molar refractivity (Wildman–Crippen MR) is 62.9 cm³/mol. The van der Waals surface area contributed by atoms with Gasteiger partial charge in [0, 0.05) is 25.2 Å². The zero-order valence-corrected chi connectivity index (χ0v) is 9.89. The van der Waals surface area contributed by atoms with E-state index >= 15 is 0 Å². The minimum Gasteiger partial charge on any atom is -0.392 e. The Labute approximate surface area is 96.5 Å². The van der Waals surface area contributed by atoms with Gasteiger partial charge in [-0.15, -0.1) is 0 Å². The summed E-state index contributed by atoms with van der Waals surface area (Å²) in [6.45, 7) is 0.559. The van der Waals surface area contributed by atoms with Crippen LogP contribution in [0.3, 0.4) is 0 Å². The van der Waals surface area contributed by atoms with Crippen molar-refractivity contribution in [2.24, 2.45) is 18.2 Å². The van der Waals surface area contributed by atoms with Crippen LogP contribution in [0.2, 0.25) is 0 Å². The summed E-state index contributed by atoms with van der Waals surface area (Å²) in [7, 11) is 1.91. The van der Waals surface area contributed by atoms with Crippen LogP contribution in [0.1, 0.15) is 31.2 Å². The normalized spacial score (nSPS) is 30.6. The summed E-state index contributed by atoms with van der Waals surface area (Å²) in [6, 6.07) is 0. The van der Waals surface area contributed by atoms with Gasteiger partial charge in [0.2, 0.25) is 0 Å². The quantitative estimate of drug-likeness (QED) is 0.798. The van der Waals surface area contributed by atoms with Gasteiger partial charge in [0.25, 0.3) is 0 Å². The Bertz CT molecular complexity index is 350. The fraction of sp³-hybridized carbons (Fsp3) is 0.750. The first kappa shape index (κ1) is 11.6. The van der Waals surface area contributed by atoms with Gasteiger partial charge in [0.05, 0.1) is 12.3 Å². The van der Waals surface area contributed by atoms with Gasteiger partial charge >= 0.3 is 0 Å². The zero-order valence-electron chi connectivity index (χ0n) is 9.89. The number of aliphatic hydroxyl groups is 1. The number of aryl methyl sites for hydroxylation is 1. The van der Waals surface area contributed by atoms with Crippen molar-refractivity contribution in [2.45, 2.75) is 38.2 Å². The van der Waals surface area contributed by atoms with E-state index in [1.165, 1.54) is 12.0 Å². The third-order valence-corrected chi connectivity index (χ3v) is 3.83. The molecule has 2 atom stereocenters. The summed E-state index contributed by atoms with van der Waals surface area (Å²) < 4.78 is 1.80. The first-order chi connectivity index (χ1) is 7.66. The molecule has 16 heavy (non-hydrogen) atoms. The van der Waals surface area contributed by atoms with Crippen LogP contribution < -0.4 is 5.73 Å². The van der Waals surface area contributed by atoms with Crippen molar-refractivity contribution in [1.82, 2.24) is 9.78 Å². The van der Waals surface area contributed by atoms with Crippen LogP contribution in [0, 0.1) is 5.41 Å². The fourth-order valence-electron chi connectivity index (χ4n) is 2.77. The van der Waals surface area contributed by atoms with E-state index < -0.39 is 0 Å². The van der Waals surface area contributed by atoms with Crippen molar-refractivity contribution in [3.8, 4) is 0 Å². The lowest BCUT2D eigenvalue weighted by atomic mass is 9.68. The van der Waals surface area contributed by atoms with Crippen LogP contribution in [-0.2, 0) is 13.5 Å². The molecular weight excluding hydrogens is 202 g/mol. The molecule has 1 aromatic heterocycles. The van der Waals surface area contributed by atoms with Gasteiger partial charge in [-0.05, 0) is 24.8 Å². The molecule has 4 heteroatoms. The molecule has 0 aliphatic heterocycles. The molecule has 1 aromatic rings. The lowest BCUT2D eigenvalue weighted by Gasteiger charge is -2.40. The summed E-state index contributed by atoms with van der Waals surface area (Å²) in [6.07, 6.45) is 8.68. The van der Waals surface area contributed by atoms with Gasteiger partial charge in [-0.1, -0.05) is 12.8 Å². The Morgan fingerprint density at radius 1 is 1.62 bits per heavy atom. The van der Waals surface area contributed by atoms with Crippen molar-refractivity contribution in [3.63, 3.8) is 0 Å². The fourth-order valence-corrected chi connectivity index (χ4v) is 2.77. The van der Waals surface area contributed by atoms with Crippen molar-refractivity contribution >= 4 is 0 Å². The summed E-state index contributed by atoms with van der Waals surface area (Å²) in [5, 5.41) is 14.3. The second kappa shape index (κ2) is 4.55. The van der Waals surface area contributed by atoms with Gasteiger partial charge in [-0.25, -0.2) is 0 Å². The lowest BCUT2D eigenvalue weighted by Crippen LogP contribution is -2.45. The molecule has 1 heterocycles. The molecule has 3 N–H and O–H groups in total. The van der Waals surface area contributed by atoms with E-state index in [4.69, 9.17) is 5.73 Å². The summed E-state index contributed by atoms with van der Waals surface area (Å²) >= 11 is 0. The summed E-state index contributed by atoms with van der Waals surface area (Å²) in [5.41, 5.74) is 6.95. The first-order valence-corrected chi connectivity index (χ1v) is 6.02. The smallest absolute Gasteiger partial charge is 0.0611 e. The van der Waals surface area contributed by atoms with Gasteiger partial charge in [-0.2, -0.15) is 5.10 Å². The van der Waals surface area contributed by atoms with E-state index in [0.717, 1.165) is 25.7 Å². The van der Waals surface area contributed by atoms with E-state index in [9.17, 15) is 5.11 Å². The molecule has 0 spiro atoms. The molecule has 4 nitrogen and oxygen atoms in total. The van der Waals surface area contributed by atoms with Crippen LogP contribution in [0.4, 0.5) is 0 Å². The number of hydrogen-bond acceptors (Lipinski definition) is 3. The average molecular weight is 223 g/mol. The number of aromatic nitrogens is 2. The monoisotopic (exact) mass is 223 g/mol. The maximum absolute atomic E-state index is 10.2. The molecule has 1 aliphatic rings. The van der Waals surface area contributed by atoms with E-state index in [-0.39, 0.29) is 11.5 Å². The van der Waals surface area contributed by atoms with Gasteiger partial charge < -0.3 is 10.8 Å². The SMILES string of the molecule is Cn1cc(CC2(CN)CCCCC2O)cn1. The molecule has 1 saturated carbocycles. The lowest BCUT2D eigenvalue weighted by molar-refractivity contribution is -0.00585. The molecule has 1 fully saturated rings. The highest BCUT2D eigenvalue weighted by Gasteiger charge is 2.38. The van der Waals surface area contributed by atoms with Crippen molar-refractivity contribution < 1.29 is 5.11 Å². The van der Waals surface area contributed by atoms with Gasteiger partial charge in [-0.3, -0.25) is 4.68 Å². The maximum atomic E-state index is 10.2.